The highest BCUT2D eigenvalue weighted by Gasteiger charge is 2.16. The number of aryl methyl sites for hydroxylation is 1. The van der Waals surface area contributed by atoms with Crippen LogP contribution >= 0.6 is 0 Å². The van der Waals surface area contributed by atoms with Gasteiger partial charge in [0.1, 0.15) is 11.5 Å². The Morgan fingerprint density at radius 1 is 1.05 bits per heavy atom. The quantitative estimate of drug-likeness (QED) is 0.776. The van der Waals surface area contributed by atoms with E-state index in [1.54, 1.807) is 6.20 Å². The molecule has 1 saturated heterocycles. The molecule has 6 heteroatoms. The van der Waals surface area contributed by atoms with Crippen LogP contribution in [0.1, 0.15) is 5.69 Å². The second kappa shape index (κ2) is 5.38. The van der Waals surface area contributed by atoms with Gasteiger partial charge in [0.05, 0.1) is 11.4 Å². The second-order valence-electron chi connectivity index (χ2n) is 5.46. The average Bonchev–Trinajstić information content (AvgIpc) is 2.91. The molecule has 0 radical (unpaired) electrons. The average molecular weight is 294 g/mol. The van der Waals surface area contributed by atoms with Gasteiger partial charge in [-0.25, -0.2) is 14.5 Å². The number of nitrogens with zero attached hydrogens (tertiary/aromatic N) is 5. The van der Waals surface area contributed by atoms with Gasteiger partial charge in [0, 0.05) is 32.4 Å². The molecule has 6 nitrogen and oxygen atoms in total. The lowest BCUT2D eigenvalue weighted by Crippen LogP contribution is -2.43. The van der Waals surface area contributed by atoms with Crippen molar-refractivity contribution in [2.75, 3.05) is 31.1 Å². The molecule has 112 valence electrons. The molecule has 1 aliphatic rings. The second-order valence-corrected chi connectivity index (χ2v) is 5.46. The zero-order valence-corrected chi connectivity index (χ0v) is 12.5. The van der Waals surface area contributed by atoms with Gasteiger partial charge in [-0.1, -0.05) is 6.07 Å². The van der Waals surface area contributed by atoms with E-state index in [-0.39, 0.29) is 0 Å². The van der Waals surface area contributed by atoms with Crippen molar-refractivity contribution in [2.24, 2.45) is 0 Å². The molecule has 3 aromatic rings. The maximum absolute atomic E-state index is 4.85. The number of hydrogen-bond acceptors (Lipinski definition) is 5. The number of aromatic nitrogens is 4. The van der Waals surface area contributed by atoms with Crippen molar-refractivity contribution in [2.45, 2.75) is 6.92 Å². The molecule has 0 aliphatic carbocycles. The molecule has 0 unspecified atom stereocenters. The van der Waals surface area contributed by atoms with Gasteiger partial charge in [0.2, 0.25) is 0 Å². The van der Waals surface area contributed by atoms with E-state index >= 15 is 0 Å². The molecular formula is C16H18N6. The van der Waals surface area contributed by atoms with Crippen LogP contribution in [0.3, 0.4) is 0 Å². The predicted molar refractivity (Wildman–Crippen MR) is 86.0 cm³/mol. The van der Waals surface area contributed by atoms with E-state index in [1.165, 1.54) is 0 Å². The Morgan fingerprint density at radius 2 is 1.91 bits per heavy atom. The number of imidazole rings is 1. The maximum Gasteiger partial charge on any atom is 0.154 e. The standard InChI is InChI=1S/C16H18N6/c1-12-16(22-15(19-12)6-3-7-18-22)13-4-2-5-14(20-13)21-10-8-17-9-11-21/h2-7,17H,8-11H2,1H3. The van der Waals surface area contributed by atoms with E-state index in [0.29, 0.717) is 0 Å². The van der Waals surface area contributed by atoms with Crippen molar-refractivity contribution < 1.29 is 0 Å². The van der Waals surface area contributed by atoms with Crippen LogP contribution in [0.25, 0.3) is 17.0 Å². The van der Waals surface area contributed by atoms with Crippen LogP contribution in [0.2, 0.25) is 0 Å². The molecule has 1 N–H and O–H groups in total. The van der Waals surface area contributed by atoms with Gasteiger partial charge in [0.15, 0.2) is 5.65 Å². The van der Waals surface area contributed by atoms with Gasteiger partial charge >= 0.3 is 0 Å². The molecule has 0 atom stereocenters. The Bertz CT molecular complexity index is 803. The van der Waals surface area contributed by atoms with Crippen molar-refractivity contribution in [3.05, 3.63) is 42.2 Å². The van der Waals surface area contributed by atoms with Crippen molar-refractivity contribution in [3.63, 3.8) is 0 Å². The monoisotopic (exact) mass is 294 g/mol. The molecule has 3 aromatic heterocycles. The first-order valence-corrected chi connectivity index (χ1v) is 7.56. The number of pyridine rings is 1. The van der Waals surface area contributed by atoms with Crippen molar-refractivity contribution in [1.82, 2.24) is 24.9 Å². The molecule has 0 bridgehead atoms. The van der Waals surface area contributed by atoms with Gasteiger partial charge in [-0.3, -0.25) is 0 Å². The minimum Gasteiger partial charge on any atom is -0.354 e. The van der Waals surface area contributed by atoms with Crippen molar-refractivity contribution in [1.29, 1.82) is 0 Å². The number of piperazine rings is 1. The molecule has 1 aliphatic heterocycles. The van der Waals surface area contributed by atoms with Crippen LogP contribution in [-0.2, 0) is 0 Å². The molecule has 0 spiro atoms. The van der Waals surface area contributed by atoms with Crippen LogP contribution in [0, 0.1) is 6.92 Å². The summed E-state index contributed by atoms with van der Waals surface area (Å²) in [4.78, 5) is 11.7. The van der Waals surface area contributed by atoms with Gasteiger partial charge in [-0.15, -0.1) is 0 Å². The SMILES string of the molecule is Cc1nc2cccnn2c1-c1cccc(N2CCNCC2)n1. The molecule has 4 rings (SSSR count). The highest BCUT2D eigenvalue weighted by Crippen LogP contribution is 2.24. The Kier molecular flexibility index (Phi) is 3.23. The predicted octanol–water partition coefficient (Wildman–Crippen LogP) is 1.51. The zero-order valence-electron chi connectivity index (χ0n) is 12.5. The number of rotatable bonds is 2. The van der Waals surface area contributed by atoms with Crippen molar-refractivity contribution in [3.8, 4) is 11.4 Å². The fraction of sp³-hybridized carbons (Fsp3) is 0.312. The van der Waals surface area contributed by atoms with E-state index in [2.05, 4.69) is 32.4 Å². The summed E-state index contributed by atoms with van der Waals surface area (Å²) in [6.45, 7) is 5.98. The Balaban J connectivity index is 1.80. The number of nitrogens with one attached hydrogen (secondary N) is 1. The van der Waals surface area contributed by atoms with E-state index in [0.717, 1.165) is 54.7 Å². The van der Waals surface area contributed by atoms with E-state index in [1.807, 2.05) is 29.6 Å². The Hall–Kier alpha value is -2.47. The van der Waals surface area contributed by atoms with Crippen LogP contribution in [0.5, 0.6) is 0 Å². The van der Waals surface area contributed by atoms with Gasteiger partial charge in [-0.05, 0) is 31.2 Å². The lowest BCUT2D eigenvalue weighted by atomic mass is 10.2. The Morgan fingerprint density at radius 3 is 2.77 bits per heavy atom. The summed E-state index contributed by atoms with van der Waals surface area (Å²) in [7, 11) is 0. The molecule has 4 heterocycles. The largest absolute Gasteiger partial charge is 0.354 e. The highest BCUT2D eigenvalue weighted by atomic mass is 15.3. The normalized spacial score (nSPS) is 15.4. The third kappa shape index (κ3) is 2.21. The summed E-state index contributed by atoms with van der Waals surface area (Å²) in [5.41, 5.74) is 3.68. The molecule has 0 aromatic carbocycles. The van der Waals surface area contributed by atoms with Gasteiger partial charge in [-0.2, -0.15) is 5.10 Å². The molecule has 1 fully saturated rings. The highest BCUT2D eigenvalue weighted by molar-refractivity contribution is 5.64. The first-order chi connectivity index (χ1) is 10.8. The minimum atomic E-state index is 0.851. The van der Waals surface area contributed by atoms with Crippen molar-refractivity contribution >= 4 is 11.5 Å². The van der Waals surface area contributed by atoms with Crippen LogP contribution in [0.15, 0.2) is 36.5 Å². The summed E-state index contributed by atoms with van der Waals surface area (Å²) in [5, 5.41) is 7.78. The summed E-state index contributed by atoms with van der Waals surface area (Å²) in [5.74, 6) is 1.02. The smallest absolute Gasteiger partial charge is 0.154 e. The van der Waals surface area contributed by atoms with E-state index in [9.17, 15) is 0 Å². The third-order valence-electron chi connectivity index (χ3n) is 3.99. The van der Waals surface area contributed by atoms with Crippen LogP contribution in [-0.4, -0.2) is 45.8 Å². The summed E-state index contributed by atoms with van der Waals surface area (Å²) in [6, 6.07) is 10.0. The fourth-order valence-corrected chi connectivity index (χ4v) is 2.92. The summed E-state index contributed by atoms with van der Waals surface area (Å²) in [6.07, 6.45) is 1.78. The summed E-state index contributed by atoms with van der Waals surface area (Å²) < 4.78 is 1.86. The summed E-state index contributed by atoms with van der Waals surface area (Å²) >= 11 is 0. The van der Waals surface area contributed by atoms with Crippen LogP contribution in [0.4, 0.5) is 5.82 Å². The van der Waals surface area contributed by atoms with Gasteiger partial charge < -0.3 is 10.2 Å². The number of anilines is 1. The lowest BCUT2D eigenvalue weighted by Gasteiger charge is -2.28. The first kappa shape index (κ1) is 13.2. The molecule has 0 saturated carbocycles. The maximum atomic E-state index is 4.85. The number of hydrogen-bond donors (Lipinski definition) is 1. The van der Waals surface area contributed by atoms with E-state index in [4.69, 9.17) is 4.98 Å². The molecule has 0 amide bonds. The lowest BCUT2D eigenvalue weighted by molar-refractivity contribution is 0.585. The minimum absolute atomic E-state index is 0.851. The molecule has 22 heavy (non-hydrogen) atoms. The zero-order chi connectivity index (χ0) is 14.9. The third-order valence-corrected chi connectivity index (χ3v) is 3.99. The first-order valence-electron chi connectivity index (χ1n) is 7.56. The van der Waals surface area contributed by atoms with Gasteiger partial charge in [0.25, 0.3) is 0 Å². The Labute approximate surface area is 128 Å². The topological polar surface area (TPSA) is 58.4 Å². The number of fused-ring (bicyclic) bond motifs is 1. The van der Waals surface area contributed by atoms with Crippen LogP contribution < -0.4 is 10.2 Å². The van der Waals surface area contributed by atoms with E-state index < -0.39 is 0 Å². The fourth-order valence-electron chi connectivity index (χ4n) is 2.92. The molecular weight excluding hydrogens is 276 g/mol.